The highest BCUT2D eigenvalue weighted by Crippen LogP contribution is 2.03. The lowest BCUT2D eigenvalue weighted by Gasteiger charge is -2.01. The van der Waals surface area contributed by atoms with Gasteiger partial charge in [0.25, 0.3) is 0 Å². The summed E-state index contributed by atoms with van der Waals surface area (Å²) in [6.45, 7) is 3.91. The SMILES string of the molecule is C[CH]CCCCC(C)O. The molecule has 0 amide bonds. The summed E-state index contributed by atoms with van der Waals surface area (Å²) < 4.78 is 0. The second kappa shape index (κ2) is 6.09. The summed E-state index contributed by atoms with van der Waals surface area (Å²) in [6, 6.07) is 0. The van der Waals surface area contributed by atoms with Gasteiger partial charge in [0.15, 0.2) is 0 Å². The average Bonchev–Trinajstić information content (AvgIpc) is 1.80. The molecule has 0 rings (SSSR count). The third-order valence-corrected chi connectivity index (χ3v) is 1.36. The summed E-state index contributed by atoms with van der Waals surface area (Å²) in [7, 11) is 0. The van der Waals surface area contributed by atoms with E-state index in [-0.39, 0.29) is 6.10 Å². The van der Waals surface area contributed by atoms with Crippen molar-refractivity contribution in [2.24, 2.45) is 0 Å². The Balaban J connectivity index is 2.75. The van der Waals surface area contributed by atoms with Gasteiger partial charge in [-0.15, -0.1) is 0 Å². The number of aliphatic hydroxyl groups is 1. The normalized spacial score (nSPS) is 13.7. The third-order valence-electron chi connectivity index (χ3n) is 1.36. The van der Waals surface area contributed by atoms with E-state index in [2.05, 4.69) is 13.3 Å². The van der Waals surface area contributed by atoms with Crippen molar-refractivity contribution in [3.63, 3.8) is 0 Å². The van der Waals surface area contributed by atoms with Crippen LogP contribution in [0.2, 0.25) is 0 Å². The molecular formula is C8H17O. The van der Waals surface area contributed by atoms with Gasteiger partial charge in [0.05, 0.1) is 6.10 Å². The lowest BCUT2D eigenvalue weighted by Crippen LogP contribution is -1.97. The first kappa shape index (κ1) is 8.96. The lowest BCUT2D eigenvalue weighted by molar-refractivity contribution is 0.180. The van der Waals surface area contributed by atoms with E-state index >= 15 is 0 Å². The largest absolute Gasteiger partial charge is 0.393 e. The zero-order chi connectivity index (χ0) is 7.11. The highest BCUT2D eigenvalue weighted by Gasteiger charge is 1.93. The second-order valence-electron chi connectivity index (χ2n) is 2.54. The van der Waals surface area contributed by atoms with E-state index in [9.17, 15) is 0 Å². The van der Waals surface area contributed by atoms with Gasteiger partial charge < -0.3 is 5.11 Å². The van der Waals surface area contributed by atoms with Crippen molar-refractivity contribution in [1.82, 2.24) is 0 Å². The molecule has 0 aliphatic rings. The van der Waals surface area contributed by atoms with Crippen molar-refractivity contribution < 1.29 is 5.11 Å². The van der Waals surface area contributed by atoms with Crippen LogP contribution in [0.15, 0.2) is 0 Å². The van der Waals surface area contributed by atoms with Crippen molar-refractivity contribution in [3.8, 4) is 0 Å². The van der Waals surface area contributed by atoms with Crippen molar-refractivity contribution in [2.75, 3.05) is 0 Å². The van der Waals surface area contributed by atoms with Crippen LogP contribution in [0.1, 0.15) is 39.5 Å². The molecule has 0 saturated heterocycles. The zero-order valence-corrected chi connectivity index (χ0v) is 6.43. The Morgan fingerprint density at radius 2 is 2.11 bits per heavy atom. The van der Waals surface area contributed by atoms with Crippen LogP contribution in [0, 0.1) is 6.42 Å². The summed E-state index contributed by atoms with van der Waals surface area (Å²) in [5.74, 6) is 0. The van der Waals surface area contributed by atoms with E-state index < -0.39 is 0 Å². The van der Waals surface area contributed by atoms with Crippen molar-refractivity contribution in [2.45, 2.75) is 45.6 Å². The van der Waals surface area contributed by atoms with E-state index in [1.165, 1.54) is 12.8 Å². The second-order valence-corrected chi connectivity index (χ2v) is 2.54. The van der Waals surface area contributed by atoms with Crippen LogP contribution in [0.3, 0.4) is 0 Å². The molecule has 0 aromatic carbocycles. The van der Waals surface area contributed by atoms with Gasteiger partial charge in [0.1, 0.15) is 0 Å². The van der Waals surface area contributed by atoms with E-state index in [0.29, 0.717) is 0 Å². The van der Waals surface area contributed by atoms with Gasteiger partial charge in [0.2, 0.25) is 0 Å². The van der Waals surface area contributed by atoms with Crippen molar-refractivity contribution in [1.29, 1.82) is 0 Å². The van der Waals surface area contributed by atoms with Gasteiger partial charge in [-0.05, 0) is 19.8 Å². The molecule has 0 saturated carbocycles. The van der Waals surface area contributed by atoms with Crippen LogP contribution < -0.4 is 0 Å². The van der Waals surface area contributed by atoms with Crippen LogP contribution in [-0.4, -0.2) is 11.2 Å². The summed E-state index contributed by atoms with van der Waals surface area (Å²) in [5, 5.41) is 8.84. The molecule has 1 atom stereocenters. The minimum absolute atomic E-state index is 0.109. The highest BCUT2D eigenvalue weighted by atomic mass is 16.3. The standard InChI is InChI=1S/C8H17O/c1-3-4-5-6-7-8(2)9/h3,8-9H,4-7H2,1-2H3. The molecule has 0 aliphatic carbocycles. The summed E-state index contributed by atoms with van der Waals surface area (Å²) in [5.41, 5.74) is 0. The molecule has 0 aliphatic heterocycles. The first-order valence-corrected chi connectivity index (χ1v) is 3.73. The maximum Gasteiger partial charge on any atom is 0.0512 e. The minimum atomic E-state index is -0.109. The van der Waals surface area contributed by atoms with Crippen molar-refractivity contribution in [3.05, 3.63) is 6.42 Å². The molecule has 0 spiro atoms. The molecule has 1 radical (unpaired) electrons. The number of rotatable bonds is 5. The van der Waals surface area contributed by atoms with Crippen LogP contribution in [0.4, 0.5) is 0 Å². The maximum absolute atomic E-state index is 8.84. The van der Waals surface area contributed by atoms with E-state index in [1.54, 1.807) is 0 Å². The average molecular weight is 129 g/mol. The summed E-state index contributed by atoms with van der Waals surface area (Å²) >= 11 is 0. The Morgan fingerprint density at radius 3 is 2.56 bits per heavy atom. The third kappa shape index (κ3) is 7.96. The van der Waals surface area contributed by atoms with Gasteiger partial charge >= 0.3 is 0 Å². The molecule has 0 aromatic rings. The molecule has 1 heteroatoms. The predicted molar refractivity (Wildman–Crippen MR) is 40.1 cm³/mol. The predicted octanol–water partition coefficient (Wildman–Crippen LogP) is 2.15. The quantitative estimate of drug-likeness (QED) is 0.564. The fraction of sp³-hybridized carbons (Fsp3) is 0.875. The Bertz CT molecular complexity index is 50.5. The maximum atomic E-state index is 8.84. The van der Waals surface area contributed by atoms with Gasteiger partial charge in [0, 0.05) is 0 Å². The molecular weight excluding hydrogens is 112 g/mol. The van der Waals surface area contributed by atoms with Crippen LogP contribution in [0.5, 0.6) is 0 Å². The first-order chi connectivity index (χ1) is 4.27. The van der Waals surface area contributed by atoms with Gasteiger partial charge in [-0.2, -0.15) is 0 Å². The fourth-order valence-electron chi connectivity index (χ4n) is 0.788. The Morgan fingerprint density at radius 1 is 1.44 bits per heavy atom. The van der Waals surface area contributed by atoms with Gasteiger partial charge in [-0.3, -0.25) is 0 Å². The molecule has 9 heavy (non-hydrogen) atoms. The van der Waals surface area contributed by atoms with Crippen LogP contribution in [-0.2, 0) is 0 Å². The van der Waals surface area contributed by atoms with E-state index in [0.717, 1.165) is 12.8 Å². The Labute approximate surface area is 58.1 Å². The molecule has 0 heterocycles. The number of hydrogen-bond donors (Lipinski definition) is 1. The summed E-state index contributed by atoms with van der Waals surface area (Å²) in [4.78, 5) is 0. The van der Waals surface area contributed by atoms with Gasteiger partial charge in [-0.1, -0.05) is 26.2 Å². The Hall–Kier alpha value is -0.0400. The highest BCUT2D eigenvalue weighted by molar-refractivity contribution is 4.56. The first-order valence-electron chi connectivity index (χ1n) is 3.73. The zero-order valence-electron chi connectivity index (χ0n) is 6.43. The molecule has 1 N–H and O–H groups in total. The monoisotopic (exact) mass is 129 g/mol. The number of unbranched alkanes of at least 4 members (excludes halogenated alkanes) is 3. The molecule has 0 bridgehead atoms. The number of aliphatic hydroxyl groups excluding tert-OH is 1. The summed E-state index contributed by atoms with van der Waals surface area (Å²) in [6.07, 6.45) is 6.58. The molecule has 1 unspecified atom stereocenters. The fourth-order valence-corrected chi connectivity index (χ4v) is 0.788. The lowest BCUT2D eigenvalue weighted by atomic mass is 10.1. The molecule has 0 aromatic heterocycles. The van der Waals surface area contributed by atoms with E-state index in [1.807, 2.05) is 6.92 Å². The minimum Gasteiger partial charge on any atom is -0.393 e. The topological polar surface area (TPSA) is 20.2 Å². The number of hydrogen-bond acceptors (Lipinski definition) is 1. The van der Waals surface area contributed by atoms with E-state index in [4.69, 9.17) is 5.11 Å². The van der Waals surface area contributed by atoms with Crippen LogP contribution in [0.25, 0.3) is 0 Å². The Kier molecular flexibility index (Phi) is 6.06. The molecule has 0 fully saturated rings. The smallest absolute Gasteiger partial charge is 0.0512 e. The molecule has 55 valence electrons. The molecule has 1 nitrogen and oxygen atoms in total. The van der Waals surface area contributed by atoms with Crippen LogP contribution >= 0.6 is 0 Å². The van der Waals surface area contributed by atoms with Gasteiger partial charge in [-0.25, -0.2) is 0 Å². The van der Waals surface area contributed by atoms with Crippen molar-refractivity contribution >= 4 is 0 Å².